The molecule has 0 spiro atoms. The van der Waals surface area contributed by atoms with Gasteiger partial charge in [-0.1, -0.05) is 0 Å². The monoisotopic (exact) mass is 312 g/mol. The maximum Gasteiger partial charge on any atom is 0.289 e. The van der Waals surface area contributed by atoms with E-state index >= 15 is 0 Å². The van der Waals surface area contributed by atoms with E-state index in [1.165, 1.54) is 6.42 Å². The van der Waals surface area contributed by atoms with Gasteiger partial charge in [0.25, 0.3) is 5.91 Å². The number of hydrogen-bond donors (Lipinski definition) is 0. The number of ether oxygens (including phenoxy) is 1. The first-order valence-corrected chi connectivity index (χ1v) is 7.99. The predicted molar refractivity (Wildman–Crippen MR) is 79.7 cm³/mol. The van der Waals surface area contributed by atoms with Crippen LogP contribution in [0.4, 0.5) is 0 Å². The summed E-state index contributed by atoms with van der Waals surface area (Å²) in [7, 11) is 0. The molecule has 0 saturated carbocycles. The number of hydrogen-bond acceptors (Lipinski definition) is 4. The van der Waals surface area contributed by atoms with E-state index in [9.17, 15) is 4.79 Å². The van der Waals surface area contributed by atoms with Gasteiger partial charge in [0.15, 0.2) is 11.0 Å². The fourth-order valence-corrected chi connectivity index (χ4v) is 3.16. The van der Waals surface area contributed by atoms with Gasteiger partial charge in [-0.3, -0.25) is 9.69 Å². The zero-order valence-electron chi connectivity index (χ0n) is 12.1. The minimum atomic E-state index is -0.0686. The Labute approximate surface area is 129 Å². The highest BCUT2D eigenvalue weighted by Crippen LogP contribution is 2.17. The molecular formula is C15H21ClN2O3. The van der Waals surface area contributed by atoms with Crippen LogP contribution in [-0.4, -0.2) is 61.1 Å². The average molecular weight is 313 g/mol. The summed E-state index contributed by atoms with van der Waals surface area (Å²) in [6, 6.07) is 3.25. The number of rotatable bonds is 3. The topological polar surface area (TPSA) is 45.9 Å². The quantitative estimate of drug-likeness (QED) is 0.859. The molecule has 1 amide bonds. The molecule has 21 heavy (non-hydrogen) atoms. The van der Waals surface area contributed by atoms with E-state index in [2.05, 4.69) is 4.90 Å². The second-order valence-corrected chi connectivity index (χ2v) is 6.06. The van der Waals surface area contributed by atoms with Crippen molar-refractivity contribution in [1.29, 1.82) is 0 Å². The van der Waals surface area contributed by atoms with E-state index in [-0.39, 0.29) is 11.1 Å². The first-order valence-electron chi connectivity index (χ1n) is 7.61. The first kappa shape index (κ1) is 14.9. The zero-order chi connectivity index (χ0) is 14.7. The summed E-state index contributed by atoms with van der Waals surface area (Å²) in [5.74, 6) is 0.258. The highest BCUT2D eigenvalue weighted by Gasteiger charge is 2.25. The average Bonchev–Trinajstić information content (AvgIpc) is 3.07. The molecule has 0 radical (unpaired) electrons. The molecule has 0 aromatic carbocycles. The lowest BCUT2D eigenvalue weighted by Gasteiger charge is -2.23. The van der Waals surface area contributed by atoms with Crippen molar-refractivity contribution in [2.75, 3.05) is 39.3 Å². The van der Waals surface area contributed by atoms with Crippen molar-refractivity contribution in [3.8, 4) is 0 Å². The molecule has 0 aliphatic carbocycles. The Hall–Kier alpha value is -1.04. The summed E-state index contributed by atoms with van der Waals surface area (Å²) in [6.07, 6.45) is 3.68. The van der Waals surface area contributed by atoms with E-state index < -0.39 is 0 Å². The van der Waals surface area contributed by atoms with Crippen LogP contribution in [-0.2, 0) is 4.74 Å². The third-order valence-electron chi connectivity index (χ3n) is 4.15. The SMILES string of the molecule is O=C(c1ccc(Cl)o1)N1CCCN(CC2CCCO2)CC1. The molecule has 3 heterocycles. The van der Waals surface area contributed by atoms with Gasteiger partial charge in [0, 0.05) is 32.8 Å². The molecule has 5 nitrogen and oxygen atoms in total. The normalized spacial score (nSPS) is 24.2. The summed E-state index contributed by atoms with van der Waals surface area (Å²) in [5.41, 5.74) is 0. The molecule has 1 aromatic heterocycles. The summed E-state index contributed by atoms with van der Waals surface area (Å²) in [5, 5.41) is 0.258. The van der Waals surface area contributed by atoms with Gasteiger partial charge < -0.3 is 14.1 Å². The summed E-state index contributed by atoms with van der Waals surface area (Å²) in [6.45, 7) is 5.27. The van der Waals surface area contributed by atoms with Crippen LogP contribution in [0.5, 0.6) is 0 Å². The second-order valence-electron chi connectivity index (χ2n) is 5.69. The molecule has 1 aromatic rings. The number of amides is 1. The van der Waals surface area contributed by atoms with Crippen molar-refractivity contribution in [3.05, 3.63) is 23.1 Å². The second kappa shape index (κ2) is 6.81. The number of nitrogens with zero attached hydrogens (tertiary/aromatic N) is 2. The molecule has 2 aliphatic rings. The van der Waals surface area contributed by atoms with E-state index in [0.29, 0.717) is 11.9 Å². The van der Waals surface area contributed by atoms with Crippen LogP contribution in [0.15, 0.2) is 16.5 Å². The molecule has 1 atom stereocenters. The van der Waals surface area contributed by atoms with Crippen molar-refractivity contribution < 1.29 is 13.9 Å². The van der Waals surface area contributed by atoms with Crippen LogP contribution in [0.1, 0.15) is 29.8 Å². The smallest absolute Gasteiger partial charge is 0.289 e. The van der Waals surface area contributed by atoms with E-state index in [1.807, 2.05) is 4.90 Å². The Morgan fingerprint density at radius 3 is 2.86 bits per heavy atom. The Kier molecular flexibility index (Phi) is 4.83. The van der Waals surface area contributed by atoms with Gasteiger partial charge in [-0.15, -0.1) is 0 Å². The van der Waals surface area contributed by atoms with Gasteiger partial charge in [0.2, 0.25) is 0 Å². The van der Waals surface area contributed by atoms with Crippen LogP contribution in [0.2, 0.25) is 5.22 Å². The number of furan rings is 1. The Balaban J connectivity index is 1.53. The Bertz CT molecular complexity index is 485. The van der Waals surface area contributed by atoms with E-state index in [0.717, 1.165) is 52.2 Å². The standard InChI is InChI=1S/C15H21ClN2O3/c16-14-5-4-13(21-14)15(19)18-7-2-6-17(8-9-18)11-12-3-1-10-20-12/h4-5,12H,1-3,6-11H2. The molecule has 0 N–H and O–H groups in total. The molecule has 2 saturated heterocycles. The molecule has 2 aliphatic heterocycles. The van der Waals surface area contributed by atoms with Crippen LogP contribution < -0.4 is 0 Å². The third kappa shape index (κ3) is 3.78. The van der Waals surface area contributed by atoms with Gasteiger partial charge >= 0.3 is 0 Å². The zero-order valence-corrected chi connectivity index (χ0v) is 12.8. The maximum absolute atomic E-state index is 12.3. The molecule has 116 valence electrons. The van der Waals surface area contributed by atoms with Crippen molar-refractivity contribution in [2.45, 2.75) is 25.4 Å². The highest BCUT2D eigenvalue weighted by molar-refractivity contribution is 6.29. The molecule has 3 rings (SSSR count). The lowest BCUT2D eigenvalue weighted by atomic mass is 10.2. The predicted octanol–water partition coefficient (Wildman–Crippen LogP) is 2.26. The van der Waals surface area contributed by atoms with Crippen molar-refractivity contribution in [1.82, 2.24) is 9.80 Å². The molecule has 0 bridgehead atoms. The molecule has 1 unspecified atom stereocenters. The van der Waals surface area contributed by atoms with Crippen molar-refractivity contribution in [3.63, 3.8) is 0 Å². The van der Waals surface area contributed by atoms with Crippen LogP contribution in [0, 0.1) is 0 Å². The summed E-state index contributed by atoms with van der Waals surface area (Å²) < 4.78 is 10.9. The Morgan fingerprint density at radius 2 is 2.14 bits per heavy atom. The fourth-order valence-electron chi connectivity index (χ4n) is 3.02. The number of carbonyl (C=O) groups excluding carboxylic acids is 1. The third-order valence-corrected chi connectivity index (χ3v) is 4.35. The van der Waals surface area contributed by atoms with Crippen LogP contribution >= 0.6 is 11.6 Å². The van der Waals surface area contributed by atoms with E-state index in [1.54, 1.807) is 12.1 Å². The summed E-state index contributed by atoms with van der Waals surface area (Å²) >= 11 is 5.73. The van der Waals surface area contributed by atoms with Gasteiger partial charge in [0.1, 0.15) is 0 Å². The Morgan fingerprint density at radius 1 is 1.24 bits per heavy atom. The lowest BCUT2D eigenvalue weighted by molar-refractivity contribution is 0.0687. The minimum Gasteiger partial charge on any atom is -0.440 e. The largest absolute Gasteiger partial charge is 0.440 e. The van der Waals surface area contributed by atoms with Gasteiger partial charge in [0.05, 0.1) is 6.10 Å². The number of carbonyl (C=O) groups is 1. The number of halogens is 1. The van der Waals surface area contributed by atoms with Gasteiger partial charge in [-0.05, 0) is 49.5 Å². The first-order chi connectivity index (χ1) is 10.2. The van der Waals surface area contributed by atoms with Crippen molar-refractivity contribution >= 4 is 17.5 Å². The van der Waals surface area contributed by atoms with Gasteiger partial charge in [-0.2, -0.15) is 0 Å². The van der Waals surface area contributed by atoms with Gasteiger partial charge in [-0.25, -0.2) is 0 Å². The molecular weight excluding hydrogens is 292 g/mol. The van der Waals surface area contributed by atoms with Crippen LogP contribution in [0.25, 0.3) is 0 Å². The van der Waals surface area contributed by atoms with Crippen LogP contribution in [0.3, 0.4) is 0 Å². The maximum atomic E-state index is 12.3. The van der Waals surface area contributed by atoms with E-state index in [4.69, 9.17) is 20.8 Å². The van der Waals surface area contributed by atoms with Crippen molar-refractivity contribution in [2.24, 2.45) is 0 Å². The molecule has 6 heteroatoms. The minimum absolute atomic E-state index is 0.0686. The molecule has 2 fully saturated rings. The summed E-state index contributed by atoms with van der Waals surface area (Å²) in [4.78, 5) is 16.6. The highest BCUT2D eigenvalue weighted by atomic mass is 35.5. The lowest BCUT2D eigenvalue weighted by Crippen LogP contribution is -2.37. The fraction of sp³-hybridized carbons (Fsp3) is 0.667.